The third-order valence-corrected chi connectivity index (χ3v) is 7.76. The first-order valence-electron chi connectivity index (χ1n) is 11.9. The van der Waals surface area contributed by atoms with Gasteiger partial charge in [-0.05, 0) is 67.3 Å². The predicted molar refractivity (Wildman–Crippen MR) is 141 cm³/mol. The summed E-state index contributed by atoms with van der Waals surface area (Å²) in [4.78, 5) is 33.1. The van der Waals surface area contributed by atoms with Gasteiger partial charge < -0.3 is 9.84 Å². The summed E-state index contributed by atoms with van der Waals surface area (Å²) in [6, 6.07) is 18.0. The molecule has 4 aromatic rings. The number of ketones is 1. The van der Waals surface area contributed by atoms with E-state index < -0.39 is 17.7 Å². The average Bonchev–Trinajstić information content (AvgIpc) is 3.52. The molecule has 6 nitrogen and oxygen atoms in total. The normalized spacial score (nSPS) is 20.7. The molecule has 1 amide bonds. The topological polar surface area (TPSA) is 79.7 Å². The molecule has 1 aromatic heterocycles. The van der Waals surface area contributed by atoms with Crippen molar-refractivity contribution in [2.24, 2.45) is 0 Å². The molecule has 36 heavy (non-hydrogen) atoms. The van der Waals surface area contributed by atoms with Gasteiger partial charge in [-0.1, -0.05) is 47.7 Å². The van der Waals surface area contributed by atoms with E-state index in [0.29, 0.717) is 10.7 Å². The zero-order chi connectivity index (χ0) is 25.1. The van der Waals surface area contributed by atoms with Crippen molar-refractivity contribution in [1.29, 1.82) is 0 Å². The van der Waals surface area contributed by atoms with Gasteiger partial charge in [0.25, 0.3) is 5.78 Å². The van der Waals surface area contributed by atoms with Gasteiger partial charge in [0.2, 0.25) is 0 Å². The minimum atomic E-state index is -0.795. The zero-order valence-electron chi connectivity index (χ0n) is 20.1. The number of anilines is 1. The van der Waals surface area contributed by atoms with Crippen LogP contribution in [0.15, 0.2) is 66.2 Å². The molecular weight excluding hydrogens is 472 g/mol. The monoisotopic (exact) mass is 496 g/mol. The van der Waals surface area contributed by atoms with Crippen molar-refractivity contribution in [2.45, 2.75) is 39.3 Å². The van der Waals surface area contributed by atoms with Crippen molar-refractivity contribution in [2.75, 3.05) is 4.90 Å². The van der Waals surface area contributed by atoms with Crippen molar-refractivity contribution in [3.63, 3.8) is 0 Å². The Morgan fingerprint density at radius 2 is 1.86 bits per heavy atom. The summed E-state index contributed by atoms with van der Waals surface area (Å²) >= 11 is 1.37. The maximum atomic E-state index is 13.5. The molecular formula is C29H24N2O4S. The number of aromatic nitrogens is 1. The third-order valence-electron chi connectivity index (χ3n) is 6.75. The molecule has 6 rings (SSSR count). The van der Waals surface area contributed by atoms with Gasteiger partial charge in [0, 0.05) is 12.0 Å². The van der Waals surface area contributed by atoms with Crippen LogP contribution in [0, 0.1) is 13.8 Å². The fraction of sp³-hybridized carbons (Fsp3) is 0.207. The summed E-state index contributed by atoms with van der Waals surface area (Å²) < 4.78 is 6.73. The van der Waals surface area contributed by atoms with E-state index in [4.69, 9.17) is 9.72 Å². The van der Waals surface area contributed by atoms with E-state index in [0.717, 1.165) is 44.6 Å². The van der Waals surface area contributed by atoms with Crippen molar-refractivity contribution < 1.29 is 19.4 Å². The number of aliphatic hydroxyl groups excluding tert-OH is 1. The minimum absolute atomic E-state index is 0.0541. The number of nitrogens with zero attached hydrogens (tertiary/aromatic N) is 2. The molecule has 2 atom stereocenters. The highest BCUT2D eigenvalue weighted by Gasteiger charge is 2.48. The number of hydrogen-bond acceptors (Lipinski definition) is 6. The number of thiazole rings is 1. The molecule has 0 spiro atoms. The summed E-state index contributed by atoms with van der Waals surface area (Å²) in [5, 5.41) is 11.9. The van der Waals surface area contributed by atoms with Crippen LogP contribution in [0.5, 0.6) is 5.75 Å². The first-order chi connectivity index (χ1) is 17.3. The molecule has 1 saturated heterocycles. The molecule has 7 heteroatoms. The van der Waals surface area contributed by atoms with Gasteiger partial charge in [-0.25, -0.2) is 4.98 Å². The van der Waals surface area contributed by atoms with Gasteiger partial charge >= 0.3 is 5.91 Å². The number of aryl methyl sites for hydroxylation is 2. The molecule has 0 bridgehead atoms. The number of aliphatic hydroxyl groups is 1. The largest absolute Gasteiger partial charge is 0.507 e. The quantitative estimate of drug-likeness (QED) is 0.218. The number of ether oxygens (including phenoxy) is 1. The molecule has 180 valence electrons. The smallest absolute Gasteiger partial charge is 0.301 e. The first kappa shape index (κ1) is 22.5. The maximum absolute atomic E-state index is 13.5. The van der Waals surface area contributed by atoms with Gasteiger partial charge in [-0.2, -0.15) is 0 Å². The lowest BCUT2D eigenvalue weighted by molar-refractivity contribution is -0.132. The number of carbonyl (C=O) groups is 2. The Morgan fingerprint density at radius 1 is 1.08 bits per heavy atom. The number of rotatable bonds is 3. The van der Waals surface area contributed by atoms with Gasteiger partial charge in [0.05, 0.1) is 21.8 Å². The molecule has 0 aliphatic carbocycles. The number of benzene rings is 3. The highest BCUT2D eigenvalue weighted by atomic mass is 32.1. The van der Waals surface area contributed by atoms with E-state index in [1.54, 1.807) is 12.1 Å². The number of amides is 1. The van der Waals surface area contributed by atoms with Crippen molar-refractivity contribution in [1.82, 2.24) is 4.98 Å². The lowest BCUT2D eigenvalue weighted by Gasteiger charge is -2.23. The van der Waals surface area contributed by atoms with Gasteiger partial charge in [0.15, 0.2) is 5.13 Å². The summed E-state index contributed by atoms with van der Waals surface area (Å²) in [5.74, 6) is -0.838. The summed E-state index contributed by atoms with van der Waals surface area (Å²) in [5.41, 5.74) is 5.16. The minimum Gasteiger partial charge on any atom is -0.507 e. The summed E-state index contributed by atoms with van der Waals surface area (Å²) in [6.45, 7) is 5.99. The first-order valence-corrected chi connectivity index (χ1v) is 12.7. The molecule has 0 unspecified atom stereocenters. The van der Waals surface area contributed by atoms with E-state index in [9.17, 15) is 14.7 Å². The number of carbonyl (C=O) groups excluding carboxylic acids is 2. The van der Waals surface area contributed by atoms with E-state index in [1.165, 1.54) is 16.2 Å². The molecule has 3 heterocycles. The molecule has 1 fully saturated rings. The van der Waals surface area contributed by atoms with E-state index in [2.05, 4.69) is 0 Å². The number of Topliss-reactive ketones (excluding diaryl/α,β-unsaturated/α-hetero) is 1. The standard InChI is InChI=1S/C29H24N2O4S/c1-15-11-16(2)24-22(12-15)36-29(30-24)31-25(18-7-5-4-6-8-18)23(27(33)28(31)34)26(32)19-9-10-21-20(14-19)13-17(3)35-21/h4-12,14,17,25,32H,13H2,1-3H3/t17-,25-/m1/s1. The van der Waals surface area contributed by atoms with Crippen molar-refractivity contribution >= 4 is 44.1 Å². The Hall–Kier alpha value is -3.97. The van der Waals surface area contributed by atoms with E-state index in [-0.39, 0.29) is 17.4 Å². The van der Waals surface area contributed by atoms with Crippen LogP contribution in [0.25, 0.3) is 16.0 Å². The molecule has 2 aliphatic heterocycles. The van der Waals surface area contributed by atoms with Crippen LogP contribution in [0.4, 0.5) is 5.13 Å². The van der Waals surface area contributed by atoms with Crippen LogP contribution in [-0.4, -0.2) is 27.9 Å². The van der Waals surface area contributed by atoms with Gasteiger partial charge in [0.1, 0.15) is 17.6 Å². The third kappa shape index (κ3) is 3.50. The Labute approximate surface area is 212 Å². The predicted octanol–water partition coefficient (Wildman–Crippen LogP) is 5.86. The Kier molecular flexibility index (Phi) is 5.19. The van der Waals surface area contributed by atoms with Crippen LogP contribution in [-0.2, 0) is 16.0 Å². The molecule has 0 saturated carbocycles. The van der Waals surface area contributed by atoms with Crippen molar-refractivity contribution in [3.05, 3.63) is 94.1 Å². The lowest BCUT2D eigenvalue weighted by atomic mass is 9.94. The molecule has 1 N–H and O–H groups in total. The van der Waals surface area contributed by atoms with Crippen molar-refractivity contribution in [3.8, 4) is 5.75 Å². The zero-order valence-corrected chi connectivity index (χ0v) is 20.9. The second kappa shape index (κ2) is 8.31. The van der Waals surface area contributed by atoms with E-state index >= 15 is 0 Å². The van der Waals surface area contributed by atoms with Gasteiger partial charge in [-0.3, -0.25) is 14.5 Å². The second-order valence-electron chi connectivity index (χ2n) is 9.46. The van der Waals surface area contributed by atoms with Crippen LogP contribution in [0.2, 0.25) is 0 Å². The average molecular weight is 497 g/mol. The fourth-order valence-electron chi connectivity index (χ4n) is 5.17. The van der Waals surface area contributed by atoms with Crippen LogP contribution >= 0.6 is 11.3 Å². The Morgan fingerprint density at radius 3 is 2.64 bits per heavy atom. The van der Waals surface area contributed by atoms with Gasteiger partial charge in [-0.15, -0.1) is 0 Å². The Bertz CT molecular complexity index is 1590. The second-order valence-corrected chi connectivity index (χ2v) is 10.5. The molecule has 0 radical (unpaired) electrons. The number of hydrogen-bond donors (Lipinski definition) is 1. The highest BCUT2D eigenvalue weighted by molar-refractivity contribution is 7.22. The summed E-state index contributed by atoms with van der Waals surface area (Å²) in [7, 11) is 0. The fourth-order valence-corrected chi connectivity index (χ4v) is 6.34. The lowest BCUT2D eigenvalue weighted by Crippen LogP contribution is -2.29. The number of fused-ring (bicyclic) bond motifs is 2. The van der Waals surface area contributed by atoms with Crippen LogP contribution in [0.3, 0.4) is 0 Å². The van der Waals surface area contributed by atoms with E-state index in [1.807, 2.05) is 69.3 Å². The summed E-state index contributed by atoms with van der Waals surface area (Å²) in [6.07, 6.45) is 0.774. The molecule has 2 aliphatic rings. The van der Waals surface area contributed by atoms with Crippen LogP contribution < -0.4 is 9.64 Å². The van der Waals surface area contributed by atoms with Crippen LogP contribution in [0.1, 0.15) is 40.8 Å². The SMILES string of the molecule is Cc1cc(C)c2nc(N3C(=O)C(=O)C(=C(O)c4ccc5c(c4)C[C@@H](C)O5)[C@H]3c3ccccc3)sc2c1. The molecule has 3 aromatic carbocycles. The maximum Gasteiger partial charge on any atom is 0.301 e. The highest BCUT2D eigenvalue weighted by Crippen LogP contribution is 2.45. The Balaban J connectivity index is 1.54.